The summed E-state index contributed by atoms with van der Waals surface area (Å²) in [7, 11) is 1.41. The average molecular weight is 157 g/mol. The van der Waals surface area contributed by atoms with Gasteiger partial charge in [-0.3, -0.25) is 0 Å². The second-order valence-corrected chi connectivity index (χ2v) is 2.10. The maximum atomic E-state index is 10.7. The standard InChI is InChI=1S/C7H11NO3/c1-6(3-4-8)11-7(9)5-10-2/h6H,3,5H2,1-2H3/t6-/m0/s1. The zero-order chi connectivity index (χ0) is 8.69. The maximum Gasteiger partial charge on any atom is 0.332 e. The fourth-order valence-corrected chi connectivity index (χ4v) is 0.546. The largest absolute Gasteiger partial charge is 0.460 e. The molecule has 0 aromatic heterocycles. The van der Waals surface area contributed by atoms with Crippen LogP contribution in [0.2, 0.25) is 0 Å². The number of nitrogens with zero attached hydrogens (tertiary/aromatic N) is 1. The van der Waals surface area contributed by atoms with Crippen molar-refractivity contribution in [1.82, 2.24) is 0 Å². The van der Waals surface area contributed by atoms with E-state index in [1.165, 1.54) is 7.11 Å². The first-order valence-electron chi connectivity index (χ1n) is 3.26. The highest BCUT2D eigenvalue weighted by Gasteiger charge is 2.07. The molecule has 1 atom stereocenters. The van der Waals surface area contributed by atoms with E-state index in [0.717, 1.165) is 0 Å². The van der Waals surface area contributed by atoms with E-state index in [-0.39, 0.29) is 19.1 Å². The second kappa shape index (κ2) is 5.69. The van der Waals surface area contributed by atoms with Crippen molar-refractivity contribution < 1.29 is 14.3 Å². The van der Waals surface area contributed by atoms with Gasteiger partial charge in [0.1, 0.15) is 12.7 Å². The van der Waals surface area contributed by atoms with Crippen LogP contribution in [0.15, 0.2) is 0 Å². The normalized spacial score (nSPS) is 11.7. The molecule has 0 fully saturated rings. The minimum atomic E-state index is -0.435. The molecule has 0 aliphatic heterocycles. The zero-order valence-corrected chi connectivity index (χ0v) is 6.66. The highest BCUT2D eigenvalue weighted by Crippen LogP contribution is 1.95. The van der Waals surface area contributed by atoms with Crippen LogP contribution < -0.4 is 0 Å². The SMILES string of the molecule is COCC(=O)O[C@@H](C)CC#N. The van der Waals surface area contributed by atoms with Gasteiger partial charge in [0.15, 0.2) is 0 Å². The molecular formula is C7H11NO3. The number of carbonyl (C=O) groups is 1. The Morgan fingerprint density at radius 2 is 2.36 bits per heavy atom. The molecule has 62 valence electrons. The molecule has 0 aromatic carbocycles. The number of hydrogen-bond acceptors (Lipinski definition) is 4. The molecule has 0 radical (unpaired) electrons. The molecule has 0 amide bonds. The van der Waals surface area contributed by atoms with Crippen LogP contribution in [0, 0.1) is 11.3 Å². The van der Waals surface area contributed by atoms with Crippen molar-refractivity contribution in [2.45, 2.75) is 19.4 Å². The van der Waals surface area contributed by atoms with E-state index < -0.39 is 5.97 Å². The van der Waals surface area contributed by atoms with Gasteiger partial charge in [-0.25, -0.2) is 4.79 Å². The molecule has 0 aromatic rings. The van der Waals surface area contributed by atoms with E-state index in [0.29, 0.717) is 0 Å². The minimum Gasteiger partial charge on any atom is -0.460 e. The van der Waals surface area contributed by atoms with Gasteiger partial charge in [0.2, 0.25) is 0 Å². The Labute approximate surface area is 65.7 Å². The van der Waals surface area contributed by atoms with Crippen LogP contribution in [0.25, 0.3) is 0 Å². The third-order valence-electron chi connectivity index (χ3n) is 0.974. The van der Waals surface area contributed by atoms with Crippen molar-refractivity contribution in [3.63, 3.8) is 0 Å². The molecule has 0 aliphatic rings. The molecule has 0 aliphatic carbocycles. The number of ether oxygens (including phenoxy) is 2. The van der Waals surface area contributed by atoms with E-state index in [1.807, 2.05) is 6.07 Å². The summed E-state index contributed by atoms with van der Waals surface area (Å²) in [5, 5.41) is 8.21. The van der Waals surface area contributed by atoms with Crippen molar-refractivity contribution in [1.29, 1.82) is 5.26 Å². The van der Waals surface area contributed by atoms with Gasteiger partial charge in [-0.15, -0.1) is 0 Å². The summed E-state index contributed by atoms with van der Waals surface area (Å²) in [5.41, 5.74) is 0. The summed E-state index contributed by atoms with van der Waals surface area (Å²) in [6, 6.07) is 1.90. The molecule has 0 saturated heterocycles. The van der Waals surface area contributed by atoms with Crippen LogP contribution in [-0.2, 0) is 14.3 Å². The fourth-order valence-electron chi connectivity index (χ4n) is 0.546. The van der Waals surface area contributed by atoms with Gasteiger partial charge < -0.3 is 9.47 Å². The number of esters is 1. The predicted molar refractivity (Wildman–Crippen MR) is 37.7 cm³/mol. The lowest BCUT2D eigenvalue weighted by Gasteiger charge is -2.08. The van der Waals surface area contributed by atoms with E-state index in [9.17, 15) is 4.79 Å². The van der Waals surface area contributed by atoms with Crippen LogP contribution in [0.5, 0.6) is 0 Å². The first-order valence-corrected chi connectivity index (χ1v) is 3.26. The van der Waals surface area contributed by atoms with E-state index >= 15 is 0 Å². The molecule has 11 heavy (non-hydrogen) atoms. The third-order valence-corrected chi connectivity index (χ3v) is 0.974. The number of nitriles is 1. The predicted octanol–water partition coefficient (Wildman–Crippen LogP) is 0.478. The monoisotopic (exact) mass is 157 g/mol. The Morgan fingerprint density at radius 1 is 1.73 bits per heavy atom. The van der Waals surface area contributed by atoms with Crippen LogP contribution in [0.1, 0.15) is 13.3 Å². The molecule has 0 N–H and O–H groups in total. The van der Waals surface area contributed by atoms with Crippen LogP contribution in [-0.4, -0.2) is 25.8 Å². The Kier molecular flexibility index (Phi) is 5.13. The second-order valence-electron chi connectivity index (χ2n) is 2.10. The zero-order valence-electron chi connectivity index (χ0n) is 6.66. The first-order chi connectivity index (χ1) is 5.20. The lowest BCUT2D eigenvalue weighted by Crippen LogP contribution is -2.17. The lowest BCUT2D eigenvalue weighted by molar-refractivity contribution is -0.152. The summed E-state index contributed by atoms with van der Waals surface area (Å²) in [6.07, 6.45) is -0.127. The van der Waals surface area contributed by atoms with E-state index in [2.05, 4.69) is 4.74 Å². The maximum absolute atomic E-state index is 10.7. The van der Waals surface area contributed by atoms with Crippen molar-refractivity contribution in [2.75, 3.05) is 13.7 Å². The Balaban J connectivity index is 3.50. The van der Waals surface area contributed by atoms with Gasteiger partial charge in [0.05, 0.1) is 12.5 Å². The summed E-state index contributed by atoms with van der Waals surface area (Å²) in [5.74, 6) is -0.435. The molecule has 0 unspecified atom stereocenters. The number of rotatable bonds is 4. The highest BCUT2D eigenvalue weighted by atomic mass is 16.6. The van der Waals surface area contributed by atoms with Gasteiger partial charge in [-0.05, 0) is 6.92 Å². The Hall–Kier alpha value is -1.08. The summed E-state index contributed by atoms with van der Waals surface area (Å²) in [4.78, 5) is 10.7. The average Bonchev–Trinajstić information content (AvgIpc) is 1.87. The molecule has 0 spiro atoms. The smallest absolute Gasteiger partial charge is 0.332 e. The molecule has 4 nitrogen and oxygen atoms in total. The third kappa shape index (κ3) is 5.37. The van der Waals surface area contributed by atoms with Gasteiger partial charge in [-0.1, -0.05) is 0 Å². The molecule has 0 bridgehead atoms. The van der Waals surface area contributed by atoms with Crippen LogP contribution in [0.4, 0.5) is 0 Å². The first kappa shape index (κ1) is 9.92. The Morgan fingerprint density at radius 3 is 2.82 bits per heavy atom. The van der Waals surface area contributed by atoms with Gasteiger partial charge in [0, 0.05) is 7.11 Å². The number of hydrogen-bond donors (Lipinski definition) is 0. The molecule has 0 rings (SSSR count). The summed E-state index contributed by atoms with van der Waals surface area (Å²) < 4.78 is 9.27. The highest BCUT2D eigenvalue weighted by molar-refractivity contribution is 5.70. The molecule has 4 heteroatoms. The molecule has 0 saturated carbocycles. The van der Waals surface area contributed by atoms with Crippen LogP contribution in [0.3, 0.4) is 0 Å². The number of carbonyl (C=O) groups excluding carboxylic acids is 1. The minimum absolute atomic E-state index is 0.0598. The van der Waals surface area contributed by atoms with Gasteiger partial charge in [0.25, 0.3) is 0 Å². The quantitative estimate of drug-likeness (QED) is 0.557. The lowest BCUT2D eigenvalue weighted by atomic mass is 10.3. The van der Waals surface area contributed by atoms with Gasteiger partial charge in [-0.2, -0.15) is 5.26 Å². The summed E-state index contributed by atoms with van der Waals surface area (Å²) in [6.45, 7) is 1.60. The molecular weight excluding hydrogens is 146 g/mol. The van der Waals surface area contributed by atoms with E-state index in [1.54, 1.807) is 6.92 Å². The summed E-state index contributed by atoms with van der Waals surface area (Å²) >= 11 is 0. The number of methoxy groups -OCH3 is 1. The van der Waals surface area contributed by atoms with Crippen molar-refractivity contribution in [3.05, 3.63) is 0 Å². The van der Waals surface area contributed by atoms with Crippen molar-refractivity contribution in [3.8, 4) is 6.07 Å². The van der Waals surface area contributed by atoms with Crippen molar-refractivity contribution >= 4 is 5.97 Å². The van der Waals surface area contributed by atoms with Crippen molar-refractivity contribution in [2.24, 2.45) is 0 Å². The van der Waals surface area contributed by atoms with Crippen LogP contribution >= 0.6 is 0 Å². The Bertz CT molecular complexity index is 162. The van der Waals surface area contributed by atoms with E-state index in [4.69, 9.17) is 10.00 Å². The topological polar surface area (TPSA) is 59.3 Å². The molecule has 0 heterocycles. The van der Waals surface area contributed by atoms with Gasteiger partial charge >= 0.3 is 5.97 Å². The fraction of sp³-hybridized carbons (Fsp3) is 0.714.